The van der Waals surface area contributed by atoms with Crippen molar-refractivity contribution in [2.24, 2.45) is 5.92 Å². The zero-order chi connectivity index (χ0) is 20.6. The molecular formula is C19H18BrF3N4O. The molecule has 0 fully saturated rings. The normalized spacial score (nSPS) is 13.1. The van der Waals surface area contributed by atoms with Crippen LogP contribution in [0.1, 0.15) is 47.2 Å². The van der Waals surface area contributed by atoms with Gasteiger partial charge >= 0.3 is 6.18 Å². The topological polar surface area (TPSA) is 59.3 Å². The number of nitrogens with one attached hydrogen (secondary N) is 1. The van der Waals surface area contributed by atoms with E-state index in [4.69, 9.17) is 0 Å². The zero-order valence-corrected chi connectivity index (χ0v) is 17.0. The predicted molar refractivity (Wildman–Crippen MR) is 102 cm³/mol. The Kier molecular flexibility index (Phi) is 5.47. The van der Waals surface area contributed by atoms with Gasteiger partial charge in [-0.3, -0.25) is 9.20 Å². The molecule has 0 saturated carbocycles. The van der Waals surface area contributed by atoms with Gasteiger partial charge in [0, 0.05) is 16.2 Å². The molecule has 5 nitrogen and oxygen atoms in total. The molecule has 2 aromatic heterocycles. The van der Waals surface area contributed by atoms with Crippen molar-refractivity contribution < 1.29 is 18.0 Å². The van der Waals surface area contributed by atoms with Gasteiger partial charge in [-0.2, -0.15) is 13.2 Å². The first kappa shape index (κ1) is 20.3. The molecule has 1 amide bonds. The van der Waals surface area contributed by atoms with Crippen molar-refractivity contribution in [2.45, 2.75) is 33.0 Å². The number of amides is 1. The molecule has 0 radical (unpaired) electrons. The largest absolute Gasteiger partial charge is 0.420 e. The Morgan fingerprint density at radius 1 is 1.21 bits per heavy atom. The van der Waals surface area contributed by atoms with E-state index in [2.05, 4.69) is 31.4 Å². The van der Waals surface area contributed by atoms with Crippen molar-refractivity contribution >= 4 is 27.5 Å². The average molecular weight is 455 g/mol. The molecule has 0 unspecified atom stereocenters. The van der Waals surface area contributed by atoms with Crippen molar-refractivity contribution in [1.29, 1.82) is 0 Å². The van der Waals surface area contributed by atoms with Crippen molar-refractivity contribution in [1.82, 2.24) is 19.9 Å². The van der Waals surface area contributed by atoms with E-state index in [1.807, 2.05) is 20.8 Å². The summed E-state index contributed by atoms with van der Waals surface area (Å²) >= 11 is 3.39. The number of alkyl halides is 3. The molecule has 148 valence electrons. The van der Waals surface area contributed by atoms with Gasteiger partial charge in [0.15, 0.2) is 11.5 Å². The van der Waals surface area contributed by atoms with E-state index >= 15 is 0 Å². The highest BCUT2D eigenvalue weighted by Crippen LogP contribution is 2.33. The second-order valence-electron chi connectivity index (χ2n) is 6.83. The molecule has 2 heterocycles. The fourth-order valence-corrected chi connectivity index (χ4v) is 3.15. The number of halogens is 4. The third-order valence-corrected chi connectivity index (χ3v) is 5.31. The summed E-state index contributed by atoms with van der Waals surface area (Å²) in [5, 5.41) is 10.6. The number of fused-ring (bicyclic) bond motifs is 1. The predicted octanol–water partition coefficient (Wildman–Crippen LogP) is 4.95. The van der Waals surface area contributed by atoms with Gasteiger partial charge < -0.3 is 5.32 Å². The lowest BCUT2D eigenvalue weighted by Crippen LogP contribution is -2.33. The van der Waals surface area contributed by atoms with Crippen LogP contribution in [0.15, 0.2) is 41.0 Å². The first-order chi connectivity index (χ1) is 13.1. The summed E-state index contributed by atoms with van der Waals surface area (Å²) in [7, 11) is 0. The van der Waals surface area contributed by atoms with E-state index in [9.17, 15) is 18.0 Å². The summed E-state index contributed by atoms with van der Waals surface area (Å²) in [6.07, 6.45) is -3.08. The summed E-state index contributed by atoms with van der Waals surface area (Å²) in [5.74, 6) is -0.209. The Bertz CT molecular complexity index is 1030. The molecule has 0 bridgehead atoms. The van der Waals surface area contributed by atoms with Crippen LogP contribution in [0.3, 0.4) is 0 Å². The van der Waals surface area contributed by atoms with E-state index in [-0.39, 0.29) is 23.3 Å². The molecule has 0 aliphatic rings. The van der Waals surface area contributed by atoms with Crippen LogP contribution < -0.4 is 5.32 Å². The van der Waals surface area contributed by atoms with Crippen LogP contribution in [-0.2, 0) is 6.18 Å². The number of carbonyl (C=O) groups is 1. The highest BCUT2D eigenvalue weighted by Gasteiger charge is 2.35. The van der Waals surface area contributed by atoms with E-state index in [0.717, 1.165) is 16.1 Å². The van der Waals surface area contributed by atoms with Crippen molar-refractivity contribution in [3.63, 3.8) is 0 Å². The summed E-state index contributed by atoms with van der Waals surface area (Å²) in [5.41, 5.74) is 0.197. The minimum absolute atomic E-state index is 0.123. The second kappa shape index (κ2) is 7.54. The van der Waals surface area contributed by atoms with E-state index in [1.165, 1.54) is 16.7 Å². The van der Waals surface area contributed by atoms with E-state index in [0.29, 0.717) is 5.56 Å². The molecule has 1 N–H and O–H groups in total. The standard InChI is InChI=1S/C19H18BrF3N4O/c1-10(2)15(24-18(28)12-6-7-14(20)11(3)9-12)17-26-25-16-13(19(21,22)23)5-4-8-27(16)17/h4-10,15H,1-3H3,(H,24,28)/t15-/m0/s1. The number of rotatable bonds is 4. The first-order valence-corrected chi connectivity index (χ1v) is 9.36. The van der Waals surface area contributed by atoms with Crippen molar-refractivity contribution in [2.75, 3.05) is 0 Å². The number of hydrogen-bond acceptors (Lipinski definition) is 3. The Labute approximate surface area is 168 Å². The molecule has 9 heteroatoms. The number of aryl methyl sites for hydroxylation is 1. The second-order valence-corrected chi connectivity index (χ2v) is 7.68. The quantitative estimate of drug-likeness (QED) is 0.606. The van der Waals surface area contributed by atoms with Crippen LogP contribution in [0.4, 0.5) is 13.2 Å². The van der Waals surface area contributed by atoms with Gasteiger partial charge in [0.05, 0.1) is 6.04 Å². The minimum atomic E-state index is -4.54. The third-order valence-electron chi connectivity index (χ3n) is 4.42. The molecule has 28 heavy (non-hydrogen) atoms. The highest BCUT2D eigenvalue weighted by molar-refractivity contribution is 9.10. The molecule has 0 aliphatic carbocycles. The molecular weight excluding hydrogens is 437 g/mol. The van der Waals surface area contributed by atoms with Crippen LogP contribution in [0.5, 0.6) is 0 Å². The van der Waals surface area contributed by atoms with Crippen LogP contribution in [0.25, 0.3) is 5.65 Å². The van der Waals surface area contributed by atoms with Crippen LogP contribution in [0.2, 0.25) is 0 Å². The molecule has 1 atom stereocenters. The summed E-state index contributed by atoms with van der Waals surface area (Å²) in [6.45, 7) is 5.57. The van der Waals surface area contributed by atoms with Gasteiger partial charge in [-0.05, 0) is 48.7 Å². The molecule has 3 rings (SSSR count). The number of benzene rings is 1. The van der Waals surface area contributed by atoms with Gasteiger partial charge in [-0.15, -0.1) is 10.2 Å². The Morgan fingerprint density at radius 2 is 1.93 bits per heavy atom. The lowest BCUT2D eigenvalue weighted by molar-refractivity contribution is -0.136. The van der Waals surface area contributed by atoms with Gasteiger partial charge in [0.2, 0.25) is 0 Å². The monoisotopic (exact) mass is 454 g/mol. The van der Waals surface area contributed by atoms with Gasteiger partial charge in [0.1, 0.15) is 5.56 Å². The maximum Gasteiger partial charge on any atom is 0.420 e. The number of nitrogens with zero attached hydrogens (tertiary/aromatic N) is 3. The average Bonchev–Trinajstić information content (AvgIpc) is 3.04. The first-order valence-electron chi connectivity index (χ1n) is 8.57. The Morgan fingerprint density at radius 3 is 2.54 bits per heavy atom. The SMILES string of the molecule is Cc1cc(C(=O)N[C@H](c2nnc3c(C(F)(F)F)cccn23)C(C)C)ccc1Br. The highest BCUT2D eigenvalue weighted by atomic mass is 79.9. The molecule has 0 spiro atoms. The molecule has 3 aromatic rings. The summed E-state index contributed by atoms with van der Waals surface area (Å²) in [4.78, 5) is 12.7. The van der Waals surface area contributed by atoms with E-state index < -0.39 is 17.8 Å². The summed E-state index contributed by atoms with van der Waals surface area (Å²) < 4.78 is 41.9. The number of carbonyl (C=O) groups excluding carboxylic acids is 1. The Hall–Kier alpha value is -2.42. The third kappa shape index (κ3) is 3.89. The summed E-state index contributed by atoms with van der Waals surface area (Å²) in [6, 6.07) is 6.82. The van der Waals surface area contributed by atoms with E-state index in [1.54, 1.807) is 18.2 Å². The fraction of sp³-hybridized carbons (Fsp3) is 0.316. The van der Waals surface area contributed by atoms with Crippen molar-refractivity contribution in [3.05, 3.63) is 63.5 Å². The Balaban J connectivity index is 1.99. The maximum absolute atomic E-state index is 13.2. The lowest BCUT2D eigenvalue weighted by atomic mass is 10.0. The smallest absolute Gasteiger partial charge is 0.342 e. The maximum atomic E-state index is 13.2. The number of aromatic nitrogens is 3. The van der Waals surface area contributed by atoms with Crippen LogP contribution in [0, 0.1) is 12.8 Å². The lowest BCUT2D eigenvalue weighted by Gasteiger charge is -2.21. The molecule has 0 saturated heterocycles. The van der Waals surface area contributed by atoms with Gasteiger partial charge in [-0.25, -0.2) is 0 Å². The van der Waals surface area contributed by atoms with Crippen molar-refractivity contribution in [3.8, 4) is 0 Å². The number of hydrogen-bond donors (Lipinski definition) is 1. The van der Waals surface area contributed by atoms with Crippen LogP contribution in [-0.4, -0.2) is 20.5 Å². The number of pyridine rings is 1. The van der Waals surface area contributed by atoms with Gasteiger partial charge in [-0.1, -0.05) is 29.8 Å². The zero-order valence-electron chi connectivity index (χ0n) is 15.4. The minimum Gasteiger partial charge on any atom is -0.342 e. The van der Waals surface area contributed by atoms with Crippen LogP contribution >= 0.6 is 15.9 Å². The van der Waals surface area contributed by atoms with Gasteiger partial charge in [0.25, 0.3) is 5.91 Å². The fourth-order valence-electron chi connectivity index (χ4n) is 2.91. The molecule has 0 aliphatic heterocycles. The molecule has 1 aromatic carbocycles.